The van der Waals surface area contributed by atoms with E-state index in [4.69, 9.17) is 17.0 Å². The molecular weight excluding hydrogens is 396 g/mol. The molecule has 1 aliphatic rings. The number of carbonyl (C=O) groups excluding carboxylic acids is 2. The summed E-state index contributed by atoms with van der Waals surface area (Å²) in [6.07, 6.45) is 1.57. The Labute approximate surface area is 179 Å². The summed E-state index contributed by atoms with van der Waals surface area (Å²) >= 11 is 5.25. The van der Waals surface area contributed by atoms with Gasteiger partial charge < -0.3 is 4.74 Å². The molecule has 1 N–H and O–H groups in total. The van der Waals surface area contributed by atoms with E-state index in [-0.39, 0.29) is 10.7 Å². The van der Waals surface area contributed by atoms with Crippen LogP contribution in [0.4, 0.5) is 5.69 Å². The van der Waals surface area contributed by atoms with Gasteiger partial charge in [-0.05, 0) is 67.2 Å². The molecule has 0 radical (unpaired) electrons. The number of rotatable bonds is 4. The molecule has 148 valence electrons. The van der Waals surface area contributed by atoms with Gasteiger partial charge in [-0.15, -0.1) is 0 Å². The van der Waals surface area contributed by atoms with E-state index in [0.29, 0.717) is 17.2 Å². The van der Waals surface area contributed by atoms with Crippen LogP contribution in [0.3, 0.4) is 0 Å². The summed E-state index contributed by atoms with van der Waals surface area (Å²) in [5.74, 6) is 0.358. The largest absolute Gasteiger partial charge is 0.457 e. The van der Waals surface area contributed by atoms with Gasteiger partial charge in [0.1, 0.15) is 17.1 Å². The van der Waals surface area contributed by atoms with Gasteiger partial charge in [0.15, 0.2) is 5.11 Å². The first kappa shape index (κ1) is 19.5. The molecule has 1 heterocycles. The first-order valence-electron chi connectivity index (χ1n) is 9.32. The maximum atomic E-state index is 13.1. The Bertz CT molecular complexity index is 1140. The third kappa shape index (κ3) is 4.14. The van der Waals surface area contributed by atoms with Crippen LogP contribution in [0.25, 0.3) is 6.08 Å². The van der Waals surface area contributed by atoms with E-state index >= 15 is 0 Å². The molecule has 4 rings (SSSR count). The molecule has 0 saturated carbocycles. The highest BCUT2D eigenvalue weighted by Gasteiger charge is 2.34. The van der Waals surface area contributed by atoms with E-state index in [1.165, 1.54) is 4.90 Å². The highest BCUT2D eigenvalue weighted by atomic mass is 32.1. The Hall–Kier alpha value is -3.77. The molecule has 0 bridgehead atoms. The number of carbonyl (C=O) groups is 2. The molecule has 0 spiro atoms. The highest BCUT2D eigenvalue weighted by Crippen LogP contribution is 2.27. The summed E-state index contributed by atoms with van der Waals surface area (Å²) < 4.78 is 5.78. The van der Waals surface area contributed by atoms with Crippen LogP contribution in [0.2, 0.25) is 0 Å². The molecule has 3 aromatic rings. The number of ether oxygens (including phenoxy) is 1. The molecule has 6 heteroatoms. The first-order valence-corrected chi connectivity index (χ1v) is 9.73. The summed E-state index contributed by atoms with van der Waals surface area (Å²) in [5, 5.41) is 2.64. The fourth-order valence-corrected chi connectivity index (χ4v) is 3.29. The minimum absolute atomic E-state index is 0.0251. The SMILES string of the molecule is Cc1ccc(C=C2C(=O)NC(=S)N(c3ccc(Oc4ccccc4)cc3)C2=O)cc1. The van der Waals surface area contributed by atoms with Crippen LogP contribution < -0.4 is 15.0 Å². The van der Waals surface area contributed by atoms with Gasteiger partial charge in [-0.1, -0.05) is 48.0 Å². The number of benzene rings is 3. The van der Waals surface area contributed by atoms with Crippen molar-refractivity contribution in [3.63, 3.8) is 0 Å². The maximum Gasteiger partial charge on any atom is 0.270 e. The predicted octanol–water partition coefficient (Wildman–Crippen LogP) is 4.62. The van der Waals surface area contributed by atoms with Gasteiger partial charge >= 0.3 is 0 Å². The molecule has 2 amide bonds. The third-order valence-electron chi connectivity index (χ3n) is 4.56. The zero-order valence-corrected chi connectivity index (χ0v) is 17.0. The van der Waals surface area contributed by atoms with Crippen LogP contribution in [0.5, 0.6) is 11.5 Å². The number of thiocarbonyl (C=S) groups is 1. The van der Waals surface area contributed by atoms with Gasteiger partial charge in [-0.25, -0.2) is 0 Å². The van der Waals surface area contributed by atoms with E-state index in [1.807, 2.05) is 61.5 Å². The lowest BCUT2D eigenvalue weighted by atomic mass is 10.1. The van der Waals surface area contributed by atoms with Gasteiger partial charge in [0.2, 0.25) is 0 Å². The predicted molar refractivity (Wildman–Crippen MR) is 120 cm³/mol. The third-order valence-corrected chi connectivity index (χ3v) is 4.85. The number of hydrogen-bond donors (Lipinski definition) is 1. The Morgan fingerprint density at radius 3 is 2.17 bits per heavy atom. The average Bonchev–Trinajstić information content (AvgIpc) is 2.74. The Morgan fingerprint density at radius 2 is 1.50 bits per heavy atom. The second-order valence-electron chi connectivity index (χ2n) is 6.78. The second kappa shape index (κ2) is 8.31. The Kier molecular flexibility index (Phi) is 5.41. The standard InChI is InChI=1S/C24H18N2O3S/c1-16-7-9-17(10-8-16)15-21-22(27)25-24(30)26(23(21)28)18-11-13-20(14-12-18)29-19-5-3-2-4-6-19/h2-15H,1H3,(H,25,27,30). The van der Waals surface area contributed by atoms with Gasteiger partial charge in [0.25, 0.3) is 11.8 Å². The molecule has 3 aromatic carbocycles. The molecule has 0 atom stereocenters. The van der Waals surface area contributed by atoms with Gasteiger partial charge in [-0.2, -0.15) is 0 Å². The number of nitrogens with zero attached hydrogens (tertiary/aromatic N) is 1. The lowest BCUT2D eigenvalue weighted by molar-refractivity contribution is -0.122. The number of amides is 2. The fourth-order valence-electron chi connectivity index (χ4n) is 3.01. The quantitative estimate of drug-likeness (QED) is 0.385. The van der Waals surface area contributed by atoms with Crippen molar-refractivity contribution in [2.45, 2.75) is 6.92 Å². The van der Waals surface area contributed by atoms with Crippen molar-refractivity contribution in [3.05, 3.63) is 95.6 Å². The van der Waals surface area contributed by atoms with Crippen molar-refractivity contribution in [1.82, 2.24) is 5.32 Å². The molecule has 1 fully saturated rings. The molecular formula is C24H18N2O3S. The van der Waals surface area contributed by atoms with E-state index in [2.05, 4.69) is 5.32 Å². The van der Waals surface area contributed by atoms with E-state index in [0.717, 1.165) is 11.1 Å². The molecule has 5 nitrogen and oxygen atoms in total. The molecule has 0 aromatic heterocycles. The van der Waals surface area contributed by atoms with Crippen molar-refractivity contribution in [1.29, 1.82) is 0 Å². The minimum Gasteiger partial charge on any atom is -0.457 e. The molecule has 30 heavy (non-hydrogen) atoms. The van der Waals surface area contributed by atoms with Crippen LogP contribution >= 0.6 is 12.2 Å². The Morgan fingerprint density at radius 1 is 0.867 bits per heavy atom. The molecule has 0 aliphatic carbocycles. The normalized spacial score (nSPS) is 15.3. The highest BCUT2D eigenvalue weighted by molar-refractivity contribution is 7.80. The Balaban J connectivity index is 1.59. The number of para-hydroxylation sites is 1. The van der Waals surface area contributed by atoms with Crippen molar-refractivity contribution in [3.8, 4) is 11.5 Å². The lowest BCUT2D eigenvalue weighted by Gasteiger charge is -2.29. The summed E-state index contributed by atoms with van der Waals surface area (Å²) in [5.41, 5.74) is 2.42. The number of hydrogen-bond acceptors (Lipinski definition) is 4. The fraction of sp³-hybridized carbons (Fsp3) is 0.0417. The first-order chi connectivity index (χ1) is 14.5. The summed E-state index contributed by atoms with van der Waals surface area (Å²) in [6.45, 7) is 1.97. The van der Waals surface area contributed by atoms with E-state index in [1.54, 1.807) is 30.3 Å². The zero-order valence-electron chi connectivity index (χ0n) is 16.2. The van der Waals surface area contributed by atoms with Crippen LogP contribution in [0, 0.1) is 6.92 Å². The monoisotopic (exact) mass is 414 g/mol. The van der Waals surface area contributed by atoms with Gasteiger partial charge in [0.05, 0.1) is 5.69 Å². The molecule has 1 aliphatic heterocycles. The lowest BCUT2D eigenvalue weighted by Crippen LogP contribution is -2.54. The topological polar surface area (TPSA) is 58.6 Å². The number of aryl methyl sites for hydroxylation is 1. The van der Waals surface area contributed by atoms with Gasteiger partial charge in [-0.3, -0.25) is 19.8 Å². The van der Waals surface area contributed by atoms with Crippen molar-refractivity contribution in [2.24, 2.45) is 0 Å². The second-order valence-corrected chi connectivity index (χ2v) is 7.16. The minimum atomic E-state index is -0.508. The van der Waals surface area contributed by atoms with Crippen LogP contribution in [0.1, 0.15) is 11.1 Å². The smallest absolute Gasteiger partial charge is 0.270 e. The zero-order chi connectivity index (χ0) is 21.1. The summed E-state index contributed by atoms with van der Waals surface area (Å²) in [4.78, 5) is 26.8. The summed E-state index contributed by atoms with van der Waals surface area (Å²) in [6, 6.07) is 23.9. The van der Waals surface area contributed by atoms with Crippen molar-refractivity contribution in [2.75, 3.05) is 4.90 Å². The number of anilines is 1. The van der Waals surface area contributed by atoms with Crippen LogP contribution in [0.15, 0.2) is 84.4 Å². The van der Waals surface area contributed by atoms with E-state index in [9.17, 15) is 9.59 Å². The van der Waals surface area contributed by atoms with E-state index < -0.39 is 11.8 Å². The van der Waals surface area contributed by atoms with Crippen molar-refractivity contribution < 1.29 is 14.3 Å². The van der Waals surface area contributed by atoms with Crippen LogP contribution in [-0.2, 0) is 9.59 Å². The average molecular weight is 414 g/mol. The van der Waals surface area contributed by atoms with Gasteiger partial charge in [0, 0.05) is 0 Å². The summed E-state index contributed by atoms with van der Waals surface area (Å²) in [7, 11) is 0. The number of nitrogens with one attached hydrogen (secondary N) is 1. The molecule has 0 unspecified atom stereocenters. The van der Waals surface area contributed by atoms with Crippen molar-refractivity contribution >= 4 is 40.9 Å². The molecule has 1 saturated heterocycles. The van der Waals surface area contributed by atoms with Crippen LogP contribution in [-0.4, -0.2) is 16.9 Å². The maximum absolute atomic E-state index is 13.1.